The number of nitrogens with two attached hydrogens (primary N) is 1. The largest absolute Gasteiger partial charge is 0.481 e. The molecule has 0 aliphatic heterocycles. The van der Waals surface area contributed by atoms with Gasteiger partial charge >= 0.3 is 5.97 Å². The predicted molar refractivity (Wildman–Crippen MR) is 71.3 cm³/mol. The van der Waals surface area contributed by atoms with Crippen LogP contribution in [0.1, 0.15) is 0 Å². The number of benzene rings is 1. The lowest BCUT2D eigenvalue weighted by Crippen LogP contribution is -2.73. The van der Waals surface area contributed by atoms with Gasteiger partial charge in [-0.2, -0.15) is 5.48 Å². The zero-order chi connectivity index (χ0) is 13.8. The van der Waals surface area contributed by atoms with Gasteiger partial charge in [-0.1, -0.05) is 27.7 Å². The van der Waals surface area contributed by atoms with E-state index in [2.05, 4.69) is 31.1 Å². The molecule has 1 aromatic carbocycles. The van der Waals surface area contributed by atoms with Gasteiger partial charge in [0.25, 0.3) is 0 Å². The van der Waals surface area contributed by atoms with E-state index in [0.29, 0.717) is 16.7 Å². The van der Waals surface area contributed by atoms with Crippen molar-refractivity contribution in [1.82, 2.24) is 15.2 Å². The number of aromatic amines is 1. The number of halogens is 1. The zero-order valence-electron chi connectivity index (χ0n) is 9.50. The van der Waals surface area contributed by atoms with Crippen LogP contribution in [0.5, 0.6) is 0 Å². The van der Waals surface area contributed by atoms with Gasteiger partial charge in [-0.25, -0.2) is 10.2 Å². The third-order valence-corrected chi connectivity index (χ3v) is 3.42. The van der Waals surface area contributed by atoms with Crippen LogP contribution in [0.15, 0.2) is 27.8 Å². The first-order valence-electron chi connectivity index (χ1n) is 5.14. The normalized spacial score (nSPS) is 10.6. The van der Waals surface area contributed by atoms with Crippen molar-refractivity contribution in [3.63, 3.8) is 0 Å². The van der Waals surface area contributed by atoms with Gasteiger partial charge < -0.3 is 5.11 Å². The highest BCUT2D eigenvalue weighted by Gasteiger charge is 2.10. The van der Waals surface area contributed by atoms with Crippen molar-refractivity contribution in [1.29, 1.82) is 0 Å². The Bertz CT molecular complexity index is 604. The molecule has 1 aromatic heterocycles. The molecular weight excluding hydrogens is 336 g/mol. The number of H-pyrrole nitrogens is 1. The van der Waals surface area contributed by atoms with Gasteiger partial charge in [-0.15, -0.1) is 5.10 Å². The van der Waals surface area contributed by atoms with Crippen molar-refractivity contribution < 1.29 is 20.6 Å². The molecule has 100 valence electrons. The lowest BCUT2D eigenvalue weighted by Gasteiger charge is -1.99. The van der Waals surface area contributed by atoms with Crippen molar-refractivity contribution in [2.75, 3.05) is 5.75 Å². The minimum atomic E-state index is -0.920. The van der Waals surface area contributed by atoms with Crippen LogP contribution in [-0.4, -0.2) is 37.2 Å². The molecule has 2 rings (SSSR count). The summed E-state index contributed by atoms with van der Waals surface area (Å²) in [5.41, 5.74) is 2.36. The molecule has 7 nitrogen and oxygen atoms in total. The summed E-state index contributed by atoms with van der Waals surface area (Å²) in [7, 11) is 0. The molecule has 0 saturated heterocycles. The smallest absolute Gasteiger partial charge is 0.313 e. The Hall–Kier alpha value is -1.42. The lowest BCUT2D eigenvalue weighted by atomic mass is 10.2. The molecule has 0 amide bonds. The molecule has 2 aromatic rings. The van der Waals surface area contributed by atoms with Crippen LogP contribution in [-0.2, 0) is 4.79 Å². The van der Waals surface area contributed by atoms with Crippen LogP contribution in [0, 0.1) is 0 Å². The Labute approximate surface area is 120 Å². The lowest BCUT2D eigenvalue weighted by molar-refractivity contribution is -0.825. The fourth-order valence-corrected chi connectivity index (χ4v) is 2.42. The molecule has 1 heterocycles. The van der Waals surface area contributed by atoms with Crippen LogP contribution >= 0.6 is 27.7 Å². The quantitative estimate of drug-likeness (QED) is 0.365. The molecule has 0 bridgehead atoms. The van der Waals surface area contributed by atoms with Gasteiger partial charge in [-0.3, -0.25) is 9.89 Å². The first-order chi connectivity index (χ1) is 9.08. The number of aromatic nitrogens is 3. The maximum atomic E-state index is 10.5. The second-order valence-electron chi connectivity index (χ2n) is 3.55. The number of aliphatic carboxylic acids is 1. The number of quaternary nitrogens is 1. The molecule has 5 N–H and O–H groups in total. The van der Waals surface area contributed by atoms with Crippen molar-refractivity contribution in [2.45, 2.75) is 5.16 Å². The number of nitrogens with zero attached hydrogens (tertiary/aromatic N) is 2. The third-order valence-electron chi connectivity index (χ3n) is 2.13. The van der Waals surface area contributed by atoms with Crippen LogP contribution in [0.25, 0.3) is 11.4 Å². The number of thioether (sulfide) groups is 1. The summed E-state index contributed by atoms with van der Waals surface area (Å²) in [6.45, 7) is 0. The standard InChI is InChI=1S/C10H9BrN4O3S/c11-6-1-5(2-7(3-6)15-18)9-12-10(14-13-9)19-4-8(16)17/h1-3,15,18H,4H2,(H,16,17)(H,12,13,14)/p+1. The van der Waals surface area contributed by atoms with Crippen molar-refractivity contribution >= 4 is 39.3 Å². The molecule has 0 radical (unpaired) electrons. The van der Waals surface area contributed by atoms with E-state index in [-0.39, 0.29) is 5.75 Å². The number of carbonyl (C=O) groups is 1. The number of carboxylic acids is 1. The highest BCUT2D eigenvalue weighted by Crippen LogP contribution is 2.24. The molecule has 0 aliphatic carbocycles. The molecule has 0 aliphatic rings. The summed E-state index contributed by atoms with van der Waals surface area (Å²) in [4.78, 5) is 14.6. The van der Waals surface area contributed by atoms with Gasteiger partial charge in [0.1, 0.15) is 0 Å². The highest BCUT2D eigenvalue weighted by molar-refractivity contribution is 9.10. The molecule has 0 saturated carbocycles. The minimum absolute atomic E-state index is 0.0918. The number of hydrogen-bond acceptors (Lipinski definition) is 5. The number of hydrogen-bond donors (Lipinski definition) is 4. The van der Waals surface area contributed by atoms with Crippen LogP contribution in [0.3, 0.4) is 0 Å². The first-order valence-corrected chi connectivity index (χ1v) is 6.92. The second kappa shape index (κ2) is 6.15. The average Bonchev–Trinajstić information content (AvgIpc) is 2.84. The van der Waals surface area contributed by atoms with Gasteiger partial charge in [0.2, 0.25) is 5.16 Å². The maximum Gasteiger partial charge on any atom is 0.313 e. The van der Waals surface area contributed by atoms with Gasteiger partial charge in [-0.05, 0) is 6.07 Å². The summed E-state index contributed by atoms with van der Waals surface area (Å²) in [6, 6.07) is 5.30. The summed E-state index contributed by atoms with van der Waals surface area (Å²) < 4.78 is 0.793. The van der Waals surface area contributed by atoms with Crippen molar-refractivity contribution in [3.8, 4) is 11.4 Å². The molecule has 0 spiro atoms. The molecule has 0 atom stereocenters. The Morgan fingerprint density at radius 2 is 2.26 bits per heavy atom. The summed E-state index contributed by atoms with van der Waals surface area (Å²) in [5.74, 6) is -0.501. The highest BCUT2D eigenvalue weighted by atomic mass is 79.9. The maximum absolute atomic E-state index is 10.5. The molecule has 19 heavy (non-hydrogen) atoms. The van der Waals surface area contributed by atoms with Crippen LogP contribution in [0.2, 0.25) is 0 Å². The fraction of sp³-hybridized carbons (Fsp3) is 0.100. The van der Waals surface area contributed by atoms with Crippen LogP contribution in [0.4, 0.5) is 5.69 Å². The van der Waals surface area contributed by atoms with E-state index < -0.39 is 5.97 Å². The number of nitrogens with one attached hydrogen (secondary N) is 1. The summed E-state index contributed by atoms with van der Waals surface area (Å²) in [5, 5.41) is 24.6. The average molecular weight is 346 g/mol. The zero-order valence-corrected chi connectivity index (χ0v) is 11.9. The SMILES string of the molecule is O=C(O)CSc1n[nH]c(-c2cc(Br)cc([NH2+]O)c2)n1. The fourth-order valence-electron chi connectivity index (χ4n) is 1.39. The van der Waals surface area contributed by atoms with Gasteiger partial charge in [0.05, 0.1) is 5.75 Å². The topological polar surface area (TPSA) is 116 Å². The van der Waals surface area contributed by atoms with Crippen LogP contribution < -0.4 is 5.48 Å². The molecule has 0 fully saturated rings. The summed E-state index contributed by atoms with van der Waals surface area (Å²) in [6.07, 6.45) is 0. The predicted octanol–water partition coefficient (Wildman–Crippen LogP) is 0.995. The Balaban J connectivity index is 2.22. The first kappa shape index (κ1) is 14.0. The van der Waals surface area contributed by atoms with Gasteiger partial charge in [0, 0.05) is 22.2 Å². The van der Waals surface area contributed by atoms with E-state index in [1.807, 2.05) is 6.07 Å². The Kier molecular flexibility index (Phi) is 4.53. The second-order valence-corrected chi connectivity index (χ2v) is 5.41. The molecular formula is C10H10BrN4O3S+. The van der Waals surface area contributed by atoms with Gasteiger partial charge in [0.15, 0.2) is 11.5 Å². The van der Waals surface area contributed by atoms with E-state index in [1.54, 1.807) is 12.1 Å². The number of rotatable bonds is 5. The Morgan fingerprint density at radius 3 is 2.95 bits per heavy atom. The Morgan fingerprint density at radius 1 is 1.47 bits per heavy atom. The van der Waals surface area contributed by atoms with Crippen molar-refractivity contribution in [2.24, 2.45) is 0 Å². The van der Waals surface area contributed by atoms with E-state index in [9.17, 15) is 4.79 Å². The summed E-state index contributed by atoms with van der Waals surface area (Å²) >= 11 is 4.37. The number of carboxylic acid groups (broad SMARTS) is 1. The minimum Gasteiger partial charge on any atom is -0.481 e. The van der Waals surface area contributed by atoms with E-state index in [1.165, 1.54) is 0 Å². The van der Waals surface area contributed by atoms with E-state index in [0.717, 1.165) is 27.3 Å². The van der Waals surface area contributed by atoms with E-state index in [4.69, 9.17) is 10.3 Å². The van der Waals surface area contributed by atoms with Crippen molar-refractivity contribution in [3.05, 3.63) is 22.7 Å². The monoisotopic (exact) mass is 345 g/mol. The molecule has 0 unspecified atom stereocenters. The van der Waals surface area contributed by atoms with E-state index >= 15 is 0 Å². The molecule has 9 heteroatoms. The third kappa shape index (κ3) is 3.77.